The first-order chi connectivity index (χ1) is 62.1. The first kappa shape index (κ1) is 95.0. The van der Waals surface area contributed by atoms with E-state index in [1.54, 1.807) is 38.5 Å². The Labute approximate surface area is 771 Å². The molecule has 20 rings (SSSR count). The molecule has 34 heteroatoms. The maximum Gasteiger partial charge on any atom is 0.331 e. The molecule has 3 N–H and O–H groups in total. The third-order valence-electron chi connectivity index (χ3n) is 27.3. The number of esters is 8. The molecule has 131 heavy (non-hydrogen) atoms. The van der Waals surface area contributed by atoms with Crippen LogP contribution < -0.4 is 76.9 Å². The van der Waals surface area contributed by atoms with Crippen LogP contribution >= 0.6 is 23.5 Å². The molecule has 0 amide bonds. The van der Waals surface area contributed by atoms with Crippen molar-refractivity contribution in [2.45, 2.75) is 243 Å². The number of benzene rings is 6. The van der Waals surface area contributed by atoms with Crippen molar-refractivity contribution in [1.82, 2.24) is 30.2 Å². The summed E-state index contributed by atoms with van der Waals surface area (Å²) in [6.45, 7) is 18.0. The number of nitriles is 1. The molecule has 0 aromatic heterocycles. The summed E-state index contributed by atoms with van der Waals surface area (Å²) in [4.78, 5) is 117. The Bertz CT molecular complexity index is 5660. The van der Waals surface area contributed by atoms with Crippen LogP contribution in [0.15, 0.2) is 36.4 Å². The first-order valence-electron chi connectivity index (χ1n) is 44.2. The summed E-state index contributed by atoms with van der Waals surface area (Å²) < 4.78 is 98.1. The molecule has 14 aliphatic heterocycles. The highest BCUT2D eigenvalue weighted by molar-refractivity contribution is 7.99. The highest BCUT2D eigenvalue weighted by Gasteiger charge is 2.65. The van der Waals surface area contributed by atoms with Crippen LogP contribution in [0.25, 0.3) is 0 Å². The molecule has 14 atom stereocenters. The summed E-state index contributed by atoms with van der Waals surface area (Å²) in [5, 5.41) is 30.0. The molecular formula is C97H117N7O25S2. The zero-order valence-corrected chi connectivity index (χ0v) is 77.0. The van der Waals surface area contributed by atoms with Crippen molar-refractivity contribution < 1.29 is 119 Å². The van der Waals surface area contributed by atoms with Gasteiger partial charge in [-0.1, -0.05) is 54.7 Å². The number of hydrogen-bond donors (Lipinski definition) is 3. The number of hydrogen-bond acceptors (Lipinski definition) is 34. The van der Waals surface area contributed by atoms with Gasteiger partial charge in [0.05, 0.1) is 75.2 Å². The summed E-state index contributed by atoms with van der Waals surface area (Å²) in [5.41, 5.74) is 8.58. The topological polar surface area (TPSA) is 365 Å². The lowest BCUT2D eigenvalue weighted by molar-refractivity contribution is -0.186. The second-order valence-electron chi connectivity index (χ2n) is 34.8. The number of aliphatic hydroxyl groups excluding tert-OH is 1. The molecule has 4 fully saturated rings. The Morgan fingerprint density at radius 1 is 0.481 bits per heavy atom. The van der Waals surface area contributed by atoms with Gasteiger partial charge in [0, 0.05) is 127 Å². The lowest BCUT2D eigenvalue weighted by Gasteiger charge is -2.62. The molecule has 0 aliphatic carbocycles. The summed E-state index contributed by atoms with van der Waals surface area (Å²) >= 11 is 2.93. The zero-order chi connectivity index (χ0) is 91.4. The quantitative estimate of drug-likeness (QED) is 0.0531. The van der Waals surface area contributed by atoms with Crippen molar-refractivity contribution in [3.8, 4) is 86.6 Å². The monoisotopic (exact) mass is 1840 g/mol. The van der Waals surface area contributed by atoms with Crippen LogP contribution in [0.2, 0.25) is 0 Å². The van der Waals surface area contributed by atoms with Gasteiger partial charge in [0.15, 0.2) is 80.1 Å². The van der Waals surface area contributed by atoms with E-state index in [0.29, 0.717) is 166 Å². The van der Waals surface area contributed by atoms with Gasteiger partial charge in [-0.25, -0.2) is 9.59 Å². The second kappa shape index (κ2) is 37.8. The van der Waals surface area contributed by atoms with E-state index in [-0.39, 0.29) is 114 Å². The lowest BCUT2D eigenvalue weighted by atomic mass is 9.71. The Kier molecular flexibility index (Phi) is 27.4. The van der Waals surface area contributed by atoms with Crippen molar-refractivity contribution >= 4 is 71.3 Å². The van der Waals surface area contributed by atoms with Gasteiger partial charge in [-0.05, 0) is 162 Å². The number of thioether (sulfide) groups is 2. The van der Waals surface area contributed by atoms with E-state index in [9.17, 15) is 39.1 Å². The molecule has 0 radical (unpaired) electrons. The van der Waals surface area contributed by atoms with Crippen LogP contribution in [0.5, 0.6) is 80.5 Å². The normalized spacial score (nSPS) is 25.9. The van der Waals surface area contributed by atoms with E-state index in [0.717, 1.165) is 44.5 Å². The third kappa shape index (κ3) is 15.7. The highest BCUT2D eigenvalue weighted by atomic mass is 32.2. The Morgan fingerprint density at radius 3 is 1.27 bits per heavy atom. The number of aryl methyl sites for hydroxylation is 2. The van der Waals surface area contributed by atoms with Gasteiger partial charge in [0.2, 0.25) is 13.6 Å². The largest absolute Gasteiger partial charge is 0.493 e. The van der Waals surface area contributed by atoms with Gasteiger partial charge in [0.1, 0.15) is 37.0 Å². The predicted molar refractivity (Wildman–Crippen MR) is 482 cm³/mol. The number of carbonyl (C=O) groups excluding carboxylic acids is 8. The molecule has 2 unspecified atom stereocenters. The number of piperazine rings is 2. The molecule has 2 spiro atoms. The maximum absolute atomic E-state index is 15.1. The van der Waals surface area contributed by atoms with E-state index >= 15 is 9.59 Å². The number of nitrogens with zero attached hydrogens (tertiary/aromatic N) is 5. The van der Waals surface area contributed by atoms with E-state index in [4.69, 9.17) is 75.8 Å². The number of carbonyl (C=O) groups is 8. The number of nitrogens with one attached hydrogen (secondary N) is 2. The van der Waals surface area contributed by atoms with Crippen molar-refractivity contribution in [3.05, 3.63) is 125 Å². The number of rotatable bonds is 18. The number of fused-ring (bicyclic) bond motifs is 18. The fourth-order valence-corrected chi connectivity index (χ4v) is 25.3. The van der Waals surface area contributed by atoms with Gasteiger partial charge in [-0.15, -0.1) is 23.5 Å². The van der Waals surface area contributed by atoms with Gasteiger partial charge in [-0.3, -0.25) is 59.0 Å². The Balaban J connectivity index is 0.000000198. The molecule has 32 nitrogen and oxygen atoms in total. The number of aliphatic hydroxyl groups is 1. The minimum Gasteiger partial charge on any atom is -0.493 e. The second-order valence-corrected chi connectivity index (χ2v) is 37.1. The number of ether oxygens (including phenoxy) is 16. The smallest absolute Gasteiger partial charge is 0.331 e. The minimum atomic E-state index is -1.43. The summed E-state index contributed by atoms with van der Waals surface area (Å²) in [6, 6.07) is 8.36. The zero-order valence-electron chi connectivity index (χ0n) is 75.3. The summed E-state index contributed by atoms with van der Waals surface area (Å²) in [7, 11) is 10.1. The molecule has 14 heterocycles. The molecule has 6 aromatic carbocycles. The number of methoxy groups -OCH3 is 4. The van der Waals surface area contributed by atoms with Crippen molar-refractivity contribution in [3.63, 3.8) is 0 Å². The standard InChI is InChI=1S/C48H54N4O12S.C47H55N3O13S.2CH4/c1-9-11-34(54)63-33-17-26-13-14-50-48(28(26)18-32(33)57-7)21-65-46-38-37(44-43(60-22-61-44)24(4)42(38)62-25(5)53)31(20-59-47(48)56)52-30(19-49)29-16-27-15-23(3)41(58-8)45(64-35(55)12-10-2)36(27)39(40(46)52)51(29)6;1-9-11-32(52)62-31-17-25-13-14-48-47(27(25)18-30(31)56-7)20-64-44-36-35(42-41(59-21-60-42)23(4)40(36)61-24(5)51)29(19-58-46(47)55)50-38(44)37-34-26(16-28(45(50)54)49(37)6)15-22(3)39(57-8)43(34)63-33(53)12-10-2;;/h15,17-18,29-31,39-40,46,50H,9-14,16,20-22H2,1-8H3;15,17-18,28-29,37-38,44-45,48,54H,9-14,16,19-21H2,1-8H3;2*1H4/t29-,30-,31-,39+,40?,46+,48+;28-,29-,37+,38?,44+,45-,47+;;/m00../s1. The van der Waals surface area contributed by atoms with Gasteiger partial charge in [0.25, 0.3) is 0 Å². The van der Waals surface area contributed by atoms with E-state index in [2.05, 4.69) is 37.5 Å². The molecular weight excluding hydrogens is 1730 g/mol. The number of likely N-dealkylation sites (N-methyl/N-ethyl adjacent to an activating group) is 2. The fourth-order valence-electron chi connectivity index (χ4n) is 22.0. The molecule has 0 saturated carbocycles. The summed E-state index contributed by atoms with van der Waals surface area (Å²) in [6.07, 6.45) is 4.09. The van der Waals surface area contributed by atoms with Gasteiger partial charge >= 0.3 is 47.8 Å². The van der Waals surface area contributed by atoms with Crippen molar-refractivity contribution in [2.75, 3.05) is 93.9 Å². The average molecular weight is 1850 g/mol. The summed E-state index contributed by atoms with van der Waals surface area (Å²) in [5.74, 6) is 1.44. The SMILES string of the molecule is C.C.CCCC(=O)Oc1cc2c(cc1OC)[C@@]1(CS[C@@H]3c4c(OC(C)=O)c(C)c5c(c4[C@H](COC1=O)N1C3[C@H]3c4c(cc(C)c(OC)c4OC(=O)CCC)C[C@@H]([C@@H]1C#N)N3C)OCO5)NCC2.CCCC(=O)Oc1cc2c(cc1OC)[C@@]1(CS[C@@H]3c4c(OC(C)=O)c(C)c5c(c4[C@H](COC1=O)N1C3[C@H]3c4c(cc(C)c(OC)c4OC(=O)CCC)C[C@@H]([C@@H]1O)N3C)OCO5)NCC2. The molecule has 702 valence electrons. The average Bonchev–Trinajstić information content (AvgIpc) is 1.57. The van der Waals surface area contributed by atoms with Crippen molar-refractivity contribution in [1.29, 1.82) is 5.26 Å². The van der Waals surface area contributed by atoms with E-state index in [1.165, 1.54) is 51.6 Å². The van der Waals surface area contributed by atoms with Crippen LogP contribution in [0.4, 0.5) is 0 Å². The first-order valence-corrected chi connectivity index (χ1v) is 46.3. The lowest BCUT2D eigenvalue weighted by Crippen LogP contribution is -2.70. The van der Waals surface area contributed by atoms with E-state index < -0.39 is 118 Å². The van der Waals surface area contributed by atoms with Crippen LogP contribution in [0.3, 0.4) is 0 Å². The molecule has 14 aliphatic rings. The predicted octanol–water partition coefficient (Wildman–Crippen LogP) is 12.7. The van der Waals surface area contributed by atoms with E-state index in [1.807, 2.05) is 80.5 Å². The van der Waals surface area contributed by atoms with Crippen LogP contribution in [-0.4, -0.2) is 203 Å². The van der Waals surface area contributed by atoms with Crippen molar-refractivity contribution in [2.24, 2.45) is 0 Å². The molecule has 4 saturated heterocycles. The van der Waals surface area contributed by atoms with Crippen LogP contribution in [0, 0.1) is 39.0 Å². The van der Waals surface area contributed by atoms with Gasteiger partial charge < -0.3 is 80.9 Å². The minimum absolute atomic E-state index is 0. The fraction of sp³-hybridized carbons (Fsp3) is 0.536. The molecule has 8 bridgehead atoms. The van der Waals surface area contributed by atoms with Gasteiger partial charge in [-0.2, -0.15) is 5.26 Å². The maximum atomic E-state index is 15.1. The highest BCUT2D eigenvalue weighted by Crippen LogP contribution is 2.68. The Hall–Kier alpha value is -10.6. The Morgan fingerprint density at radius 2 is 0.870 bits per heavy atom. The third-order valence-corrected chi connectivity index (χ3v) is 30.3. The van der Waals surface area contributed by atoms with Crippen LogP contribution in [-0.2, 0) is 84.6 Å². The van der Waals surface area contributed by atoms with Crippen LogP contribution in [0.1, 0.15) is 231 Å². The molecule has 6 aromatic rings.